The molecule has 0 radical (unpaired) electrons. The molecule has 0 saturated carbocycles. The lowest BCUT2D eigenvalue weighted by Crippen LogP contribution is -2.41. The van der Waals surface area contributed by atoms with E-state index in [1.165, 1.54) is 31.1 Å². The number of hydrogen-bond acceptors (Lipinski definition) is 11. The minimum atomic E-state index is -4.26. The number of benzene rings is 1. The average molecular weight is 581 g/mol. The first-order chi connectivity index (χ1) is 18.9. The molecule has 15 heteroatoms. The molecular formula is C25H34FN6O7P. The maximum Gasteiger partial charge on any atom is 0.459 e. The number of para-hydroxylation sites is 1. The second-order valence-electron chi connectivity index (χ2n) is 9.73. The number of esters is 1. The van der Waals surface area contributed by atoms with Crippen LogP contribution in [0.25, 0.3) is 11.2 Å². The van der Waals surface area contributed by atoms with Crippen molar-refractivity contribution in [3.05, 3.63) is 43.0 Å². The Kier molecular flexibility index (Phi) is 9.06. The van der Waals surface area contributed by atoms with Crippen LogP contribution in [-0.4, -0.2) is 73.8 Å². The molecule has 1 aromatic carbocycles. The molecule has 6 atom stereocenters. The van der Waals surface area contributed by atoms with E-state index in [-0.39, 0.29) is 5.75 Å². The molecule has 1 unspecified atom stereocenters. The van der Waals surface area contributed by atoms with Gasteiger partial charge in [0.25, 0.3) is 0 Å². The molecule has 0 amide bonds. The van der Waals surface area contributed by atoms with Gasteiger partial charge in [0.1, 0.15) is 30.3 Å². The van der Waals surface area contributed by atoms with Crippen LogP contribution in [-0.2, 0) is 23.4 Å². The van der Waals surface area contributed by atoms with Gasteiger partial charge < -0.3 is 24.4 Å². The topological polar surface area (TPSA) is 159 Å². The van der Waals surface area contributed by atoms with E-state index < -0.39 is 56.6 Å². The SMILES string of the molecule is CCNc1ncnc2c1ncn2[C@@H]1O[C@H](COP(=O)(N[C@@H](C)C(=O)OC(C)C)Oc2ccccc2)[C@@H](O)[C@@]1(C)F. The maximum absolute atomic E-state index is 15.9. The second kappa shape index (κ2) is 12.1. The summed E-state index contributed by atoms with van der Waals surface area (Å²) in [5, 5.41) is 16.5. The number of aliphatic hydroxyl groups is 1. The van der Waals surface area contributed by atoms with E-state index >= 15 is 4.39 Å². The number of alkyl halides is 1. The fourth-order valence-corrected chi connectivity index (χ4v) is 5.68. The zero-order valence-corrected chi connectivity index (χ0v) is 23.7. The zero-order valence-electron chi connectivity index (χ0n) is 22.9. The van der Waals surface area contributed by atoms with Gasteiger partial charge in [0.05, 0.1) is 19.0 Å². The van der Waals surface area contributed by atoms with Crippen LogP contribution in [0.1, 0.15) is 40.8 Å². The Morgan fingerprint density at radius 2 is 1.98 bits per heavy atom. The highest BCUT2D eigenvalue weighted by Crippen LogP contribution is 2.48. The molecule has 4 rings (SSSR count). The lowest BCUT2D eigenvalue weighted by molar-refractivity contribution is -0.149. The largest absolute Gasteiger partial charge is 0.462 e. The third-order valence-corrected chi connectivity index (χ3v) is 7.75. The van der Waals surface area contributed by atoms with Gasteiger partial charge in [-0.2, -0.15) is 5.09 Å². The van der Waals surface area contributed by atoms with Crippen LogP contribution in [0.5, 0.6) is 5.75 Å². The number of carbonyl (C=O) groups is 1. The lowest BCUT2D eigenvalue weighted by Gasteiger charge is -2.25. The van der Waals surface area contributed by atoms with Crippen LogP contribution in [0.15, 0.2) is 43.0 Å². The van der Waals surface area contributed by atoms with Crippen molar-refractivity contribution in [3.8, 4) is 5.75 Å². The molecule has 3 heterocycles. The van der Waals surface area contributed by atoms with Crippen LogP contribution in [0.3, 0.4) is 0 Å². The summed E-state index contributed by atoms with van der Waals surface area (Å²) in [4.78, 5) is 25.0. The number of carbonyl (C=O) groups excluding carboxylic acids is 1. The van der Waals surface area contributed by atoms with Crippen LogP contribution in [0.2, 0.25) is 0 Å². The van der Waals surface area contributed by atoms with E-state index in [2.05, 4.69) is 25.4 Å². The van der Waals surface area contributed by atoms with Crippen molar-refractivity contribution in [3.63, 3.8) is 0 Å². The summed E-state index contributed by atoms with van der Waals surface area (Å²) >= 11 is 0. The van der Waals surface area contributed by atoms with Crippen molar-refractivity contribution in [1.82, 2.24) is 24.6 Å². The number of anilines is 1. The normalized spacial score (nSPS) is 25.1. The van der Waals surface area contributed by atoms with E-state index in [0.29, 0.717) is 23.5 Å². The van der Waals surface area contributed by atoms with Gasteiger partial charge in [-0.3, -0.25) is 13.9 Å². The van der Waals surface area contributed by atoms with E-state index in [9.17, 15) is 14.5 Å². The molecule has 3 N–H and O–H groups in total. The molecule has 40 heavy (non-hydrogen) atoms. The number of nitrogens with zero attached hydrogens (tertiary/aromatic N) is 4. The highest BCUT2D eigenvalue weighted by Gasteiger charge is 2.56. The van der Waals surface area contributed by atoms with Gasteiger partial charge in [0.15, 0.2) is 28.9 Å². The Labute approximate surface area is 231 Å². The van der Waals surface area contributed by atoms with E-state index in [4.69, 9.17) is 18.5 Å². The number of aromatic nitrogens is 4. The van der Waals surface area contributed by atoms with Crippen molar-refractivity contribution in [2.45, 2.75) is 70.9 Å². The maximum atomic E-state index is 15.9. The van der Waals surface area contributed by atoms with E-state index in [0.717, 1.165) is 0 Å². The van der Waals surface area contributed by atoms with Gasteiger partial charge in [-0.25, -0.2) is 23.9 Å². The molecule has 2 aromatic heterocycles. The monoisotopic (exact) mass is 580 g/mol. The van der Waals surface area contributed by atoms with Crippen LogP contribution in [0.4, 0.5) is 10.2 Å². The van der Waals surface area contributed by atoms with Crippen molar-refractivity contribution in [1.29, 1.82) is 0 Å². The van der Waals surface area contributed by atoms with Gasteiger partial charge in [-0.05, 0) is 46.8 Å². The minimum absolute atomic E-state index is 0.199. The third-order valence-electron chi connectivity index (χ3n) is 6.11. The number of fused-ring (bicyclic) bond motifs is 1. The Balaban J connectivity index is 1.54. The number of ether oxygens (including phenoxy) is 2. The van der Waals surface area contributed by atoms with E-state index in [1.807, 2.05) is 6.92 Å². The molecule has 13 nitrogen and oxygen atoms in total. The van der Waals surface area contributed by atoms with Gasteiger partial charge in [-0.15, -0.1) is 0 Å². The fourth-order valence-electron chi connectivity index (χ4n) is 4.18. The van der Waals surface area contributed by atoms with Crippen LogP contribution in [0, 0.1) is 0 Å². The highest BCUT2D eigenvalue weighted by molar-refractivity contribution is 7.52. The summed E-state index contributed by atoms with van der Waals surface area (Å²) in [6.45, 7) is 7.94. The zero-order chi connectivity index (χ0) is 29.1. The van der Waals surface area contributed by atoms with Crippen molar-refractivity contribution >= 4 is 30.7 Å². The molecule has 1 saturated heterocycles. The molecular weight excluding hydrogens is 546 g/mol. The molecule has 0 spiro atoms. The minimum Gasteiger partial charge on any atom is -0.462 e. The predicted molar refractivity (Wildman–Crippen MR) is 143 cm³/mol. The summed E-state index contributed by atoms with van der Waals surface area (Å²) < 4.78 is 53.4. The molecule has 1 fully saturated rings. The number of imidazole rings is 1. The summed E-state index contributed by atoms with van der Waals surface area (Å²) in [7, 11) is -4.26. The van der Waals surface area contributed by atoms with Gasteiger partial charge in [-0.1, -0.05) is 18.2 Å². The van der Waals surface area contributed by atoms with Crippen LogP contribution < -0.4 is 14.9 Å². The third kappa shape index (κ3) is 6.42. The standard InChI is InChI=1S/C25H34FN6O7P/c1-6-27-21-19-22(29-13-28-21)32(14-30-19)24-25(5,26)20(33)18(38-24)12-36-40(35,39-17-10-8-7-9-11-17)31-16(4)23(34)37-15(2)3/h7-11,13-16,18,20,24,33H,6,12H2,1-5H3,(H,31,35)(H,27,28,29)/t16-,18+,20+,24+,25+,40?/m0/s1. The molecule has 0 bridgehead atoms. The first-order valence-electron chi connectivity index (χ1n) is 12.9. The number of rotatable bonds is 12. The van der Waals surface area contributed by atoms with Crippen LogP contribution >= 0.6 is 7.75 Å². The predicted octanol–water partition coefficient (Wildman–Crippen LogP) is 3.38. The Morgan fingerprint density at radius 3 is 2.65 bits per heavy atom. The Morgan fingerprint density at radius 1 is 1.25 bits per heavy atom. The number of hydrogen-bond donors (Lipinski definition) is 3. The van der Waals surface area contributed by atoms with Gasteiger partial charge >= 0.3 is 13.7 Å². The summed E-state index contributed by atoms with van der Waals surface area (Å²) in [6, 6.07) is 7.11. The second-order valence-corrected chi connectivity index (χ2v) is 11.4. The number of halogens is 1. The Hall–Kier alpha value is -3.16. The first-order valence-corrected chi connectivity index (χ1v) is 14.4. The number of aliphatic hydroxyl groups excluding tert-OH is 1. The Bertz CT molecular complexity index is 1360. The quantitative estimate of drug-likeness (QED) is 0.212. The van der Waals surface area contributed by atoms with Gasteiger partial charge in [0, 0.05) is 6.54 Å². The molecule has 0 aliphatic carbocycles. The first kappa shape index (κ1) is 29.8. The van der Waals surface area contributed by atoms with Gasteiger partial charge in [0.2, 0.25) is 0 Å². The molecule has 3 aromatic rings. The average Bonchev–Trinajstić information content (AvgIpc) is 3.42. The van der Waals surface area contributed by atoms with Crippen molar-refractivity contribution in [2.24, 2.45) is 0 Å². The smallest absolute Gasteiger partial charge is 0.459 e. The fraction of sp³-hybridized carbons (Fsp3) is 0.520. The lowest BCUT2D eigenvalue weighted by atomic mass is 9.98. The highest BCUT2D eigenvalue weighted by atomic mass is 31.2. The van der Waals surface area contributed by atoms with Crippen molar-refractivity contribution in [2.75, 3.05) is 18.5 Å². The van der Waals surface area contributed by atoms with E-state index in [1.54, 1.807) is 44.2 Å². The summed E-state index contributed by atoms with van der Waals surface area (Å²) in [5.74, 6) is 0.000266. The molecule has 218 valence electrons. The van der Waals surface area contributed by atoms with Crippen molar-refractivity contribution < 1.29 is 37.4 Å². The summed E-state index contributed by atoms with van der Waals surface area (Å²) in [6.07, 6.45) is -2.02. The summed E-state index contributed by atoms with van der Waals surface area (Å²) in [5.41, 5.74) is -1.60. The molecule has 1 aliphatic heterocycles. The molecule has 1 aliphatic rings. The number of nitrogens with one attached hydrogen (secondary N) is 2.